The molecule has 1 amide bonds. The number of carbonyl (C=O) groups is 1. The van der Waals surface area contributed by atoms with Crippen LogP contribution >= 0.6 is 11.6 Å². The first-order valence-corrected chi connectivity index (χ1v) is 4.22. The Bertz CT molecular complexity index is 408. The number of halogens is 1. The van der Waals surface area contributed by atoms with Crippen LogP contribution < -0.4 is 5.48 Å². The molecule has 7 heteroatoms. The molecular weight excluding hydrogens is 224 g/mol. The third kappa shape index (κ3) is 2.42. The minimum absolute atomic E-state index is 0.0937. The maximum atomic E-state index is 11.3. The molecule has 1 aromatic rings. The molecule has 0 radical (unpaired) electrons. The average Bonchev–Trinajstić information content (AvgIpc) is 2.17. The Kier molecular flexibility index (Phi) is 3.59. The van der Waals surface area contributed by atoms with Gasteiger partial charge in [0.2, 0.25) is 0 Å². The van der Waals surface area contributed by atoms with Gasteiger partial charge >= 0.3 is 5.69 Å². The Morgan fingerprint density at radius 2 is 2.27 bits per heavy atom. The van der Waals surface area contributed by atoms with Gasteiger partial charge in [-0.1, -0.05) is 17.7 Å². The van der Waals surface area contributed by atoms with E-state index >= 15 is 0 Å². The van der Waals surface area contributed by atoms with E-state index in [2.05, 4.69) is 4.84 Å². The number of hydrogen-bond donors (Lipinski definition) is 1. The summed E-state index contributed by atoms with van der Waals surface area (Å²) in [6.07, 6.45) is 0. The summed E-state index contributed by atoms with van der Waals surface area (Å²) in [6, 6.07) is 4.07. The fourth-order valence-electron chi connectivity index (χ4n) is 1.03. The number of nitro benzene ring substituents is 1. The topological polar surface area (TPSA) is 81.5 Å². The standard InChI is InChI=1S/C8H7ClN2O4/c1-15-10-8(12)5-3-2-4-6(9)7(5)11(13)14/h2-4H,1H3,(H,10,12). The molecule has 0 spiro atoms. The maximum absolute atomic E-state index is 11.3. The highest BCUT2D eigenvalue weighted by atomic mass is 35.5. The minimum Gasteiger partial charge on any atom is -0.277 e. The van der Waals surface area contributed by atoms with Crippen LogP contribution in [0, 0.1) is 10.1 Å². The number of amides is 1. The van der Waals surface area contributed by atoms with Gasteiger partial charge in [0.25, 0.3) is 5.91 Å². The van der Waals surface area contributed by atoms with Gasteiger partial charge in [-0.05, 0) is 12.1 Å². The van der Waals surface area contributed by atoms with Gasteiger partial charge in [0.15, 0.2) is 0 Å². The molecule has 0 aromatic heterocycles. The highest BCUT2D eigenvalue weighted by Crippen LogP contribution is 2.27. The lowest BCUT2D eigenvalue weighted by Crippen LogP contribution is -2.22. The predicted molar refractivity (Wildman–Crippen MR) is 52.6 cm³/mol. The molecule has 0 atom stereocenters. The summed E-state index contributed by atoms with van der Waals surface area (Å²) in [6.45, 7) is 0. The number of hydrogen-bond acceptors (Lipinski definition) is 4. The van der Waals surface area contributed by atoms with Crippen molar-refractivity contribution in [2.75, 3.05) is 7.11 Å². The number of nitro groups is 1. The number of benzene rings is 1. The summed E-state index contributed by atoms with van der Waals surface area (Å²) >= 11 is 5.61. The van der Waals surface area contributed by atoms with Crippen LogP contribution in [0.25, 0.3) is 0 Å². The first-order valence-electron chi connectivity index (χ1n) is 3.84. The van der Waals surface area contributed by atoms with Gasteiger partial charge in [-0.25, -0.2) is 5.48 Å². The van der Waals surface area contributed by atoms with Crippen LogP contribution in [0.5, 0.6) is 0 Å². The molecule has 0 unspecified atom stereocenters. The van der Waals surface area contributed by atoms with Crippen molar-refractivity contribution in [1.82, 2.24) is 5.48 Å². The molecule has 0 saturated heterocycles. The molecular formula is C8H7ClN2O4. The summed E-state index contributed by atoms with van der Waals surface area (Å²) in [5.41, 5.74) is 1.40. The van der Waals surface area contributed by atoms with Crippen LogP contribution in [0.1, 0.15) is 10.4 Å². The van der Waals surface area contributed by atoms with Crippen LogP contribution in [0.15, 0.2) is 18.2 Å². The van der Waals surface area contributed by atoms with Crippen LogP contribution in [0.2, 0.25) is 5.02 Å². The summed E-state index contributed by atoms with van der Waals surface area (Å²) < 4.78 is 0. The Morgan fingerprint density at radius 1 is 1.60 bits per heavy atom. The van der Waals surface area contributed by atoms with E-state index in [1.165, 1.54) is 25.3 Å². The zero-order valence-corrected chi connectivity index (χ0v) is 8.45. The van der Waals surface area contributed by atoms with E-state index in [1.54, 1.807) is 0 Å². The van der Waals surface area contributed by atoms with Gasteiger partial charge in [0.05, 0.1) is 12.0 Å². The van der Waals surface area contributed by atoms with Gasteiger partial charge in [-0.15, -0.1) is 0 Å². The number of nitrogens with one attached hydrogen (secondary N) is 1. The fourth-order valence-corrected chi connectivity index (χ4v) is 1.28. The lowest BCUT2D eigenvalue weighted by atomic mass is 10.2. The molecule has 0 saturated carbocycles. The smallest absolute Gasteiger partial charge is 0.277 e. The van der Waals surface area contributed by atoms with E-state index in [0.717, 1.165) is 0 Å². The van der Waals surface area contributed by atoms with Gasteiger partial charge < -0.3 is 0 Å². The number of hydroxylamine groups is 1. The van der Waals surface area contributed by atoms with Gasteiger partial charge in [0, 0.05) is 0 Å². The quantitative estimate of drug-likeness (QED) is 0.631. The number of nitrogens with zero attached hydrogens (tertiary/aromatic N) is 1. The molecule has 6 nitrogen and oxygen atoms in total. The van der Waals surface area contributed by atoms with Crippen LogP contribution in [-0.4, -0.2) is 17.9 Å². The van der Waals surface area contributed by atoms with E-state index in [0.29, 0.717) is 0 Å². The van der Waals surface area contributed by atoms with Crippen LogP contribution in [-0.2, 0) is 4.84 Å². The minimum atomic E-state index is -0.716. The molecule has 1 rings (SSSR count). The van der Waals surface area contributed by atoms with Crippen LogP contribution in [0.4, 0.5) is 5.69 Å². The number of rotatable bonds is 3. The summed E-state index contributed by atoms with van der Waals surface area (Å²) in [5.74, 6) is -0.716. The maximum Gasteiger partial charge on any atom is 0.300 e. The SMILES string of the molecule is CONC(=O)c1cccc(Cl)c1[N+](=O)[O-]. The first-order chi connectivity index (χ1) is 7.07. The Morgan fingerprint density at radius 3 is 2.80 bits per heavy atom. The van der Waals surface area contributed by atoms with Crippen molar-refractivity contribution in [3.8, 4) is 0 Å². The molecule has 0 fully saturated rings. The fraction of sp³-hybridized carbons (Fsp3) is 0.125. The van der Waals surface area contributed by atoms with Gasteiger partial charge in [-0.2, -0.15) is 0 Å². The van der Waals surface area contributed by atoms with Crippen molar-refractivity contribution in [2.45, 2.75) is 0 Å². The second-order valence-corrected chi connectivity index (χ2v) is 2.94. The Hall–Kier alpha value is -1.66. The molecule has 80 valence electrons. The molecule has 1 aromatic carbocycles. The zero-order chi connectivity index (χ0) is 11.4. The predicted octanol–water partition coefficient (Wildman–Crippen LogP) is 1.54. The van der Waals surface area contributed by atoms with E-state index in [9.17, 15) is 14.9 Å². The van der Waals surface area contributed by atoms with Crippen molar-refractivity contribution < 1.29 is 14.6 Å². The summed E-state index contributed by atoms with van der Waals surface area (Å²) in [4.78, 5) is 25.6. The largest absolute Gasteiger partial charge is 0.300 e. The van der Waals surface area contributed by atoms with Crippen molar-refractivity contribution >= 4 is 23.2 Å². The van der Waals surface area contributed by atoms with Gasteiger partial charge in [0.1, 0.15) is 10.6 Å². The molecule has 1 N–H and O–H groups in total. The lowest BCUT2D eigenvalue weighted by molar-refractivity contribution is -0.385. The third-order valence-electron chi connectivity index (χ3n) is 1.61. The Balaban J connectivity index is 3.23. The monoisotopic (exact) mass is 230 g/mol. The van der Waals surface area contributed by atoms with Crippen molar-refractivity contribution in [1.29, 1.82) is 0 Å². The van der Waals surface area contributed by atoms with Crippen molar-refractivity contribution in [2.24, 2.45) is 0 Å². The molecule has 0 aliphatic carbocycles. The molecule has 0 bridgehead atoms. The van der Waals surface area contributed by atoms with E-state index in [1.807, 2.05) is 5.48 Å². The van der Waals surface area contributed by atoms with E-state index in [4.69, 9.17) is 11.6 Å². The Labute approximate surface area is 89.9 Å². The highest BCUT2D eigenvalue weighted by Gasteiger charge is 2.23. The van der Waals surface area contributed by atoms with Crippen LogP contribution in [0.3, 0.4) is 0 Å². The lowest BCUT2D eigenvalue weighted by Gasteiger charge is -2.03. The third-order valence-corrected chi connectivity index (χ3v) is 1.91. The number of carbonyl (C=O) groups excluding carboxylic acids is 1. The van der Waals surface area contributed by atoms with E-state index in [-0.39, 0.29) is 10.6 Å². The molecule has 0 aliphatic heterocycles. The normalized spacial score (nSPS) is 9.73. The van der Waals surface area contributed by atoms with Crippen molar-refractivity contribution in [3.63, 3.8) is 0 Å². The second-order valence-electron chi connectivity index (χ2n) is 2.53. The summed E-state index contributed by atoms with van der Waals surface area (Å²) in [7, 11) is 1.23. The highest BCUT2D eigenvalue weighted by molar-refractivity contribution is 6.33. The van der Waals surface area contributed by atoms with E-state index < -0.39 is 16.5 Å². The molecule has 0 heterocycles. The number of para-hydroxylation sites is 1. The summed E-state index contributed by atoms with van der Waals surface area (Å²) in [5, 5.41) is 10.6. The average molecular weight is 231 g/mol. The molecule has 15 heavy (non-hydrogen) atoms. The second kappa shape index (κ2) is 4.72. The zero-order valence-electron chi connectivity index (χ0n) is 7.69. The van der Waals surface area contributed by atoms with Crippen molar-refractivity contribution in [3.05, 3.63) is 38.9 Å². The van der Waals surface area contributed by atoms with Gasteiger partial charge in [-0.3, -0.25) is 19.7 Å². The first kappa shape index (κ1) is 11.4. The molecule has 0 aliphatic rings.